The molecule has 144 valence electrons. The molecule has 0 spiro atoms. The number of anilines is 1. The summed E-state index contributed by atoms with van der Waals surface area (Å²) in [4.78, 5) is 39.0. The number of aromatic nitrogens is 3. The lowest BCUT2D eigenvalue weighted by Gasteiger charge is -2.24. The summed E-state index contributed by atoms with van der Waals surface area (Å²) in [6, 6.07) is 5.08. The highest BCUT2D eigenvalue weighted by Gasteiger charge is 2.31. The van der Waals surface area contributed by atoms with E-state index in [1.807, 2.05) is 14.0 Å². The molecule has 0 aromatic carbocycles. The minimum atomic E-state index is -0.269. The summed E-state index contributed by atoms with van der Waals surface area (Å²) >= 11 is 0. The van der Waals surface area contributed by atoms with E-state index in [2.05, 4.69) is 19.9 Å². The first-order chi connectivity index (χ1) is 13.0. The van der Waals surface area contributed by atoms with Crippen molar-refractivity contribution in [1.29, 1.82) is 0 Å². The van der Waals surface area contributed by atoms with Crippen molar-refractivity contribution in [2.75, 3.05) is 32.5 Å². The van der Waals surface area contributed by atoms with E-state index >= 15 is 0 Å². The highest BCUT2D eigenvalue weighted by Crippen LogP contribution is 2.22. The van der Waals surface area contributed by atoms with Crippen LogP contribution in [0, 0.1) is 0 Å². The maximum absolute atomic E-state index is 12.9. The molecule has 2 aromatic rings. The molecule has 2 aromatic heterocycles. The van der Waals surface area contributed by atoms with Crippen LogP contribution in [0.5, 0.6) is 5.88 Å². The van der Waals surface area contributed by atoms with E-state index in [4.69, 9.17) is 10.5 Å². The molecular weight excluding hydrogens is 348 g/mol. The molecule has 0 bridgehead atoms. The van der Waals surface area contributed by atoms with Gasteiger partial charge < -0.3 is 15.4 Å². The van der Waals surface area contributed by atoms with Crippen LogP contribution >= 0.6 is 0 Å². The van der Waals surface area contributed by atoms with Crippen molar-refractivity contribution in [3.63, 3.8) is 0 Å². The van der Waals surface area contributed by atoms with E-state index in [9.17, 15) is 9.59 Å². The highest BCUT2D eigenvalue weighted by atomic mass is 16.5. The summed E-state index contributed by atoms with van der Waals surface area (Å²) in [5.41, 5.74) is 6.41. The van der Waals surface area contributed by atoms with E-state index in [1.165, 1.54) is 6.07 Å². The van der Waals surface area contributed by atoms with Gasteiger partial charge in [-0.2, -0.15) is 0 Å². The van der Waals surface area contributed by atoms with Gasteiger partial charge >= 0.3 is 0 Å². The fourth-order valence-corrected chi connectivity index (χ4v) is 3.26. The third-order valence-electron chi connectivity index (χ3n) is 4.58. The van der Waals surface area contributed by atoms with Crippen molar-refractivity contribution < 1.29 is 9.53 Å². The van der Waals surface area contributed by atoms with Gasteiger partial charge in [0.2, 0.25) is 11.8 Å². The number of carbonyl (C=O) groups is 1. The topological polar surface area (TPSA) is 117 Å². The first-order valence-corrected chi connectivity index (χ1v) is 8.91. The lowest BCUT2D eigenvalue weighted by Crippen LogP contribution is -2.36. The molecule has 27 heavy (non-hydrogen) atoms. The van der Waals surface area contributed by atoms with Gasteiger partial charge in [-0.1, -0.05) is 0 Å². The number of nitrogens with two attached hydrogens (primary N) is 1. The Labute approximate surface area is 157 Å². The molecule has 3 N–H and O–H groups in total. The molecule has 3 heterocycles. The predicted octanol–water partition coefficient (Wildman–Crippen LogP) is 0.492. The molecule has 0 aliphatic carbocycles. The number of hydrogen-bond donors (Lipinski definition) is 2. The molecule has 3 rings (SSSR count). The molecular formula is C18H24N6O3. The molecule has 0 radical (unpaired) electrons. The van der Waals surface area contributed by atoms with Crippen LogP contribution in [0.3, 0.4) is 0 Å². The van der Waals surface area contributed by atoms with Crippen LogP contribution in [0.1, 0.15) is 29.4 Å². The number of carbonyl (C=O) groups excluding carboxylic acids is 1. The Balaban J connectivity index is 1.65. The van der Waals surface area contributed by atoms with E-state index in [0.29, 0.717) is 43.4 Å². The predicted molar refractivity (Wildman–Crippen MR) is 100 cm³/mol. The van der Waals surface area contributed by atoms with Gasteiger partial charge in [0.15, 0.2) is 0 Å². The Morgan fingerprint density at radius 3 is 3.07 bits per heavy atom. The number of nitrogens with zero attached hydrogens (tertiary/aromatic N) is 4. The number of pyridine rings is 1. The van der Waals surface area contributed by atoms with Crippen LogP contribution < -0.4 is 16.0 Å². The van der Waals surface area contributed by atoms with E-state index in [0.717, 1.165) is 6.42 Å². The summed E-state index contributed by atoms with van der Waals surface area (Å²) in [5.74, 6) is 0.389. The Kier molecular flexibility index (Phi) is 5.70. The summed E-state index contributed by atoms with van der Waals surface area (Å²) in [6.07, 6.45) is 2.45. The van der Waals surface area contributed by atoms with Crippen molar-refractivity contribution in [3.05, 3.63) is 46.0 Å². The van der Waals surface area contributed by atoms with Crippen molar-refractivity contribution in [2.24, 2.45) is 0 Å². The normalized spacial score (nSPS) is 16.7. The zero-order valence-electron chi connectivity index (χ0n) is 15.5. The standard InChI is InChI=1S/C18H24N6O3/c1-3-27-16-14(5-4-7-20-16)17(26)24-8-6-13(11-24)23(2)10-12-9-15(25)22-18(19)21-12/h4-5,7,9,13H,3,6,8,10-11H2,1-2H3,(H3,19,21,22,25)/t13-/m0/s1. The van der Waals surface area contributed by atoms with Crippen molar-refractivity contribution >= 4 is 11.9 Å². The van der Waals surface area contributed by atoms with Gasteiger partial charge in [-0.15, -0.1) is 0 Å². The monoisotopic (exact) mass is 372 g/mol. The molecule has 0 unspecified atom stereocenters. The largest absolute Gasteiger partial charge is 0.477 e. The van der Waals surface area contributed by atoms with Crippen molar-refractivity contribution in [2.45, 2.75) is 25.9 Å². The van der Waals surface area contributed by atoms with Gasteiger partial charge in [0.1, 0.15) is 5.56 Å². The van der Waals surface area contributed by atoms with Crippen LogP contribution in [-0.2, 0) is 6.54 Å². The minimum Gasteiger partial charge on any atom is -0.477 e. The highest BCUT2D eigenvalue weighted by molar-refractivity contribution is 5.96. The van der Waals surface area contributed by atoms with Crippen LogP contribution in [0.25, 0.3) is 0 Å². The van der Waals surface area contributed by atoms with E-state index in [-0.39, 0.29) is 23.5 Å². The third kappa shape index (κ3) is 4.43. The Morgan fingerprint density at radius 2 is 2.33 bits per heavy atom. The number of ether oxygens (including phenoxy) is 1. The zero-order valence-corrected chi connectivity index (χ0v) is 15.5. The van der Waals surface area contributed by atoms with Gasteiger partial charge in [0.25, 0.3) is 11.5 Å². The second-order valence-corrected chi connectivity index (χ2v) is 6.52. The van der Waals surface area contributed by atoms with Crippen LogP contribution in [0.4, 0.5) is 5.95 Å². The van der Waals surface area contributed by atoms with Crippen LogP contribution in [-0.4, -0.2) is 63.4 Å². The first kappa shape index (κ1) is 18.8. The molecule has 1 aliphatic heterocycles. The lowest BCUT2D eigenvalue weighted by molar-refractivity contribution is 0.0774. The number of H-pyrrole nitrogens is 1. The summed E-state index contributed by atoms with van der Waals surface area (Å²) in [7, 11) is 1.95. The fourth-order valence-electron chi connectivity index (χ4n) is 3.26. The second-order valence-electron chi connectivity index (χ2n) is 6.52. The van der Waals surface area contributed by atoms with Crippen LogP contribution in [0.15, 0.2) is 29.2 Å². The number of nitrogens with one attached hydrogen (secondary N) is 1. The molecule has 9 heteroatoms. The van der Waals surface area contributed by atoms with Crippen LogP contribution in [0.2, 0.25) is 0 Å². The SMILES string of the molecule is CCOc1ncccc1C(=O)N1CC[C@H](N(C)Cc2cc(=O)[nH]c(N)n2)C1. The average molecular weight is 372 g/mol. The van der Waals surface area contributed by atoms with Gasteiger partial charge in [-0.25, -0.2) is 9.97 Å². The Hall–Kier alpha value is -2.94. The number of amides is 1. The first-order valence-electron chi connectivity index (χ1n) is 8.91. The van der Waals surface area contributed by atoms with Gasteiger partial charge in [0, 0.05) is 37.9 Å². The average Bonchev–Trinajstić information content (AvgIpc) is 3.11. The molecule has 1 fully saturated rings. The van der Waals surface area contributed by atoms with Gasteiger partial charge in [0.05, 0.1) is 12.3 Å². The number of likely N-dealkylation sites (N-methyl/N-ethyl adjacent to an activating group) is 1. The third-order valence-corrected chi connectivity index (χ3v) is 4.58. The van der Waals surface area contributed by atoms with Crippen molar-refractivity contribution in [3.8, 4) is 5.88 Å². The molecule has 1 amide bonds. The van der Waals surface area contributed by atoms with E-state index in [1.54, 1.807) is 23.2 Å². The zero-order chi connectivity index (χ0) is 19.4. The fraction of sp³-hybridized carbons (Fsp3) is 0.444. The summed E-state index contributed by atoms with van der Waals surface area (Å²) < 4.78 is 5.47. The van der Waals surface area contributed by atoms with Gasteiger partial charge in [-0.05, 0) is 32.5 Å². The Morgan fingerprint density at radius 1 is 1.52 bits per heavy atom. The molecule has 9 nitrogen and oxygen atoms in total. The molecule has 0 saturated carbocycles. The summed E-state index contributed by atoms with van der Waals surface area (Å²) in [5, 5.41) is 0. The molecule has 1 atom stereocenters. The molecule has 1 aliphatic rings. The number of likely N-dealkylation sites (tertiary alicyclic amines) is 1. The molecule has 1 saturated heterocycles. The number of hydrogen-bond acceptors (Lipinski definition) is 7. The maximum atomic E-state index is 12.9. The number of rotatable bonds is 6. The smallest absolute Gasteiger partial charge is 0.259 e. The number of nitrogen functional groups attached to an aromatic ring is 1. The number of aromatic amines is 1. The maximum Gasteiger partial charge on any atom is 0.259 e. The lowest BCUT2D eigenvalue weighted by atomic mass is 10.2. The second kappa shape index (κ2) is 8.17. The Bertz CT molecular complexity index is 868. The minimum absolute atomic E-state index is 0.0824. The summed E-state index contributed by atoms with van der Waals surface area (Å²) in [6.45, 7) is 4.04. The van der Waals surface area contributed by atoms with E-state index < -0.39 is 0 Å². The quantitative estimate of drug-likeness (QED) is 0.758. The van der Waals surface area contributed by atoms with Crippen molar-refractivity contribution in [1.82, 2.24) is 24.8 Å². The van der Waals surface area contributed by atoms with Gasteiger partial charge in [-0.3, -0.25) is 19.5 Å².